The van der Waals surface area contributed by atoms with Gasteiger partial charge in [-0.1, -0.05) is 12.1 Å². The lowest BCUT2D eigenvalue weighted by molar-refractivity contribution is -0.384. The lowest BCUT2D eigenvalue weighted by Gasteiger charge is -2.10. The van der Waals surface area contributed by atoms with E-state index in [9.17, 15) is 20.0 Å². The van der Waals surface area contributed by atoms with Gasteiger partial charge in [0.2, 0.25) is 5.91 Å². The van der Waals surface area contributed by atoms with Crippen LogP contribution in [0, 0.1) is 10.1 Å². The molecular formula is C16H11Br2N3O4S. The second-order valence-corrected chi connectivity index (χ2v) is 7.03. The maximum atomic E-state index is 11.9. The summed E-state index contributed by atoms with van der Waals surface area (Å²) in [5.74, 6) is -0.448. The van der Waals surface area contributed by atoms with E-state index in [-0.39, 0.29) is 16.5 Å². The molecule has 10 heteroatoms. The van der Waals surface area contributed by atoms with E-state index in [1.54, 1.807) is 18.2 Å². The van der Waals surface area contributed by atoms with Crippen molar-refractivity contribution in [1.82, 2.24) is 5.32 Å². The fourth-order valence-corrected chi connectivity index (χ4v) is 3.27. The second kappa shape index (κ2) is 8.88. The molecule has 2 aromatic carbocycles. The van der Waals surface area contributed by atoms with Gasteiger partial charge in [-0.3, -0.25) is 20.2 Å². The van der Waals surface area contributed by atoms with Gasteiger partial charge in [0.1, 0.15) is 5.75 Å². The maximum Gasteiger partial charge on any atom is 0.270 e. The highest BCUT2D eigenvalue weighted by Crippen LogP contribution is 2.35. The minimum atomic E-state index is -0.510. The van der Waals surface area contributed by atoms with Crippen molar-refractivity contribution in [3.8, 4) is 5.75 Å². The van der Waals surface area contributed by atoms with Crippen molar-refractivity contribution in [2.75, 3.05) is 5.32 Å². The first-order valence-corrected chi connectivity index (χ1v) is 8.98. The smallest absolute Gasteiger partial charge is 0.270 e. The van der Waals surface area contributed by atoms with Crippen LogP contribution in [0.4, 0.5) is 11.4 Å². The van der Waals surface area contributed by atoms with Crippen LogP contribution in [0.2, 0.25) is 0 Å². The molecular weight excluding hydrogens is 490 g/mol. The highest BCUT2D eigenvalue weighted by Gasteiger charge is 2.08. The van der Waals surface area contributed by atoms with E-state index in [1.807, 2.05) is 0 Å². The van der Waals surface area contributed by atoms with Crippen LogP contribution in [-0.2, 0) is 4.79 Å². The molecule has 134 valence electrons. The predicted molar refractivity (Wildman–Crippen MR) is 110 cm³/mol. The third-order valence-electron chi connectivity index (χ3n) is 3.02. The first-order valence-electron chi connectivity index (χ1n) is 6.99. The summed E-state index contributed by atoms with van der Waals surface area (Å²) < 4.78 is 0.906. The van der Waals surface area contributed by atoms with Crippen LogP contribution in [0.25, 0.3) is 6.08 Å². The van der Waals surface area contributed by atoms with Crippen molar-refractivity contribution in [2.24, 2.45) is 0 Å². The number of hydrogen-bond acceptors (Lipinski definition) is 5. The number of anilines is 1. The van der Waals surface area contributed by atoms with Crippen molar-refractivity contribution < 1.29 is 14.8 Å². The van der Waals surface area contributed by atoms with Crippen molar-refractivity contribution in [2.45, 2.75) is 0 Å². The molecule has 0 bridgehead atoms. The van der Waals surface area contributed by atoms with Gasteiger partial charge >= 0.3 is 0 Å². The molecule has 0 unspecified atom stereocenters. The Hall–Kier alpha value is -2.30. The Balaban J connectivity index is 1.98. The maximum absolute atomic E-state index is 11.9. The zero-order valence-electron chi connectivity index (χ0n) is 12.9. The zero-order valence-corrected chi connectivity index (χ0v) is 16.9. The highest BCUT2D eigenvalue weighted by atomic mass is 79.9. The Kier molecular flexibility index (Phi) is 6.83. The highest BCUT2D eigenvalue weighted by molar-refractivity contribution is 9.11. The van der Waals surface area contributed by atoms with Gasteiger partial charge in [-0.2, -0.15) is 0 Å². The van der Waals surface area contributed by atoms with Crippen molar-refractivity contribution >= 4 is 72.5 Å². The summed E-state index contributed by atoms with van der Waals surface area (Å²) in [5.41, 5.74) is 1.00. The molecule has 0 saturated carbocycles. The summed E-state index contributed by atoms with van der Waals surface area (Å²) >= 11 is 11.4. The number of halogens is 2. The molecule has 0 heterocycles. The monoisotopic (exact) mass is 499 g/mol. The van der Waals surface area contributed by atoms with Gasteiger partial charge in [-0.25, -0.2) is 0 Å². The van der Waals surface area contributed by atoms with E-state index < -0.39 is 10.8 Å². The molecule has 3 N–H and O–H groups in total. The molecule has 0 aliphatic rings. The number of thiocarbonyl (C=S) groups is 1. The number of carbonyl (C=O) groups is 1. The topological polar surface area (TPSA) is 104 Å². The first kappa shape index (κ1) is 20.0. The first-order chi connectivity index (χ1) is 12.3. The number of non-ortho nitro benzene ring substituents is 1. The summed E-state index contributed by atoms with van der Waals surface area (Å²) in [6.45, 7) is 0. The minimum absolute atomic E-state index is 0.0467. The van der Waals surface area contributed by atoms with Crippen LogP contribution >= 0.6 is 44.1 Å². The van der Waals surface area contributed by atoms with Crippen LogP contribution in [0.15, 0.2) is 51.4 Å². The number of rotatable bonds is 4. The number of carbonyl (C=O) groups excluding carboxylic acids is 1. The van der Waals surface area contributed by atoms with E-state index in [4.69, 9.17) is 12.2 Å². The second-order valence-electron chi connectivity index (χ2n) is 4.92. The van der Waals surface area contributed by atoms with Gasteiger partial charge in [-0.05, 0) is 67.8 Å². The fraction of sp³-hybridized carbons (Fsp3) is 0. The molecule has 2 aromatic rings. The fourth-order valence-electron chi connectivity index (χ4n) is 1.87. The molecule has 7 nitrogen and oxygen atoms in total. The van der Waals surface area contributed by atoms with E-state index in [0.717, 1.165) is 0 Å². The number of nitrogens with zero attached hydrogens (tertiary/aromatic N) is 1. The number of nitro benzene ring substituents is 1. The quantitative estimate of drug-likeness (QED) is 0.189. The van der Waals surface area contributed by atoms with Gasteiger partial charge in [0, 0.05) is 23.9 Å². The van der Waals surface area contributed by atoms with E-state index in [1.165, 1.54) is 30.4 Å². The molecule has 26 heavy (non-hydrogen) atoms. The van der Waals surface area contributed by atoms with Gasteiger partial charge in [0.05, 0.1) is 13.9 Å². The molecule has 0 saturated heterocycles. The van der Waals surface area contributed by atoms with Gasteiger partial charge in [-0.15, -0.1) is 0 Å². The number of phenolic OH excluding ortho intramolecular Hbond substituents is 1. The van der Waals surface area contributed by atoms with Crippen LogP contribution in [0.1, 0.15) is 5.56 Å². The number of nitro groups is 1. The average molecular weight is 501 g/mol. The summed E-state index contributed by atoms with van der Waals surface area (Å²) in [4.78, 5) is 22.1. The average Bonchev–Trinajstić information content (AvgIpc) is 2.58. The number of phenols is 1. The number of nitrogens with one attached hydrogen (secondary N) is 2. The normalized spacial score (nSPS) is 10.5. The SMILES string of the molecule is O=C(/C=C/c1cccc([N+](=O)[O-])c1)NC(=S)Nc1cc(Br)c(O)c(Br)c1. The van der Waals surface area contributed by atoms with Gasteiger partial charge < -0.3 is 10.4 Å². The lowest BCUT2D eigenvalue weighted by Crippen LogP contribution is -2.32. The van der Waals surface area contributed by atoms with E-state index in [0.29, 0.717) is 20.2 Å². The third kappa shape index (κ3) is 5.61. The minimum Gasteiger partial charge on any atom is -0.506 e. The van der Waals surface area contributed by atoms with Crippen molar-refractivity contribution in [1.29, 1.82) is 0 Å². The van der Waals surface area contributed by atoms with Crippen LogP contribution in [0.3, 0.4) is 0 Å². The van der Waals surface area contributed by atoms with Gasteiger partial charge in [0.25, 0.3) is 5.69 Å². The Morgan fingerprint density at radius 2 is 1.88 bits per heavy atom. The largest absolute Gasteiger partial charge is 0.506 e. The Bertz CT molecular complexity index is 895. The van der Waals surface area contributed by atoms with Gasteiger partial charge in [0.15, 0.2) is 5.11 Å². The third-order valence-corrected chi connectivity index (χ3v) is 4.43. The van der Waals surface area contributed by atoms with E-state index in [2.05, 4.69) is 42.5 Å². The number of benzene rings is 2. The summed E-state index contributed by atoms with van der Waals surface area (Å²) in [7, 11) is 0. The number of aromatic hydroxyl groups is 1. The molecule has 0 atom stereocenters. The summed E-state index contributed by atoms with van der Waals surface area (Å²) in [5, 5.41) is 25.7. The molecule has 0 radical (unpaired) electrons. The summed E-state index contributed by atoms with van der Waals surface area (Å²) in [6.07, 6.45) is 2.66. The van der Waals surface area contributed by atoms with E-state index >= 15 is 0 Å². The molecule has 0 aliphatic carbocycles. The van der Waals surface area contributed by atoms with Crippen LogP contribution < -0.4 is 10.6 Å². The van der Waals surface area contributed by atoms with Crippen LogP contribution in [-0.4, -0.2) is 21.0 Å². The number of amides is 1. The molecule has 0 aromatic heterocycles. The summed E-state index contributed by atoms with van der Waals surface area (Å²) in [6, 6.07) is 9.08. The molecule has 2 rings (SSSR count). The molecule has 0 spiro atoms. The Morgan fingerprint density at radius 1 is 1.23 bits per heavy atom. The molecule has 0 aliphatic heterocycles. The van der Waals surface area contributed by atoms with Crippen LogP contribution in [0.5, 0.6) is 5.75 Å². The van der Waals surface area contributed by atoms with Crippen molar-refractivity contribution in [3.05, 3.63) is 67.1 Å². The zero-order chi connectivity index (χ0) is 19.3. The standard InChI is InChI=1S/C16H11Br2N3O4S/c17-12-7-10(8-13(18)15(12)23)19-16(26)20-14(22)5-4-9-2-1-3-11(6-9)21(24)25/h1-8,23H,(H2,19,20,22,26)/b5-4+. The molecule has 1 amide bonds. The molecule has 0 fully saturated rings. The predicted octanol–water partition coefficient (Wildman–Crippen LogP) is 4.35. The Labute approximate surface area is 170 Å². The number of hydrogen-bond donors (Lipinski definition) is 3. The Morgan fingerprint density at radius 3 is 2.50 bits per heavy atom. The van der Waals surface area contributed by atoms with Crippen molar-refractivity contribution in [3.63, 3.8) is 0 Å². The lowest BCUT2D eigenvalue weighted by atomic mass is 10.2.